The van der Waals surface area contributed by atoms with Crippen LogP contribution in [0.1, 0.15) is 26.3 Å². The maximum Gasteiger partial charge on any atom is 0.169 e. The predicted molar refractivity (Wildman–Crippen MR) is 55.0 cm³/mol. The Morgan fingerprint density at radius 2 is 1.77 bits per heavy atom. The molecular weight excluding hydrogens is 160 g/mol. The first kappa shape index (κ1) is 9.90. The van der Waals surface area contributed by atoms with E-state index < -0.39 is 0 Å². The fourth-order valence-corrected chi connectivity index (χ4v) is 0.867. The number of hydrogen-bond acceptors (Lipinski definition) is 1. The first-order valence-electron chi connectivity index (χ1n) is 4.48. The number of nitrogens with zero attached hydrogens (tertiary/aromatic N) is 2. The fraction of sp³-hybridized carbons (Fsp3) is 0.455. The Morgan fingerprint density at radius 1 is 1.23 bits per heavy atom. The molecule has 1 aromatic heterocycles. The maximum absolute atomic E-state index is 4.42. The van der Waals surface area contributed by atoms with Crippen LogP contribution in [0.5, 0.6) is 0 Å². The Morgan fingerprint density at radius 3 is 2.23 bits per heavy atom. The number of aryl methyl sites for hydroxylation is 1. The van der Waals surface area contributed by atoms with E-state index in [0.29, 0.717) is 0 Å². The molecule has 1 rings (SSSR count). The highest BCUT2D eigenvalue weighted by atomic mass is 14.9. The molecule has 0 aliphatic heterocycles. The van der Waals surface area contributed by atoms with Crippen LogP contribution in [0, 0.1) is 0 Å². The lowest BCUT2D eigenvalue weighted by Crippen LogP contribution is -2.25. The Balaban J connectivity index is 2.75. The SMILES string of the molecule is C[n+]1ccc(C=NC(C)(C)C)cc1. The second-order valence-electron chi connectivity index (χ2n) is 4.23. The minimum absolute atomic E-state index is 0.0119. The minimum atomic E-state index is 0.0119. The normalized spacial score (nSPS) is 12.3. The van der Waals surface area contributed by atoms with Crippen molar-refractivity contribution in [3.8, 4) is 0 Å². The molecule has 1 aromatic rings. The molecule has 0 fully saturated rings. The molecule has 1 heterocycles. The molecule has 0 aliphatic carbocycles. The summed E-state index contributed by atoms with van der Waals surface area (Å²) in [5.74, 6) is 0. The number of pyridine rings is 1. The first-order valence-corrected chi connectivity index (χ1v) is 4.48. The molecule has 0 saturated heterocycles. The Hall–Kier alpha value is -1.18. The van der Waals surface area contributed by atoms with Crippen molar-refractivity contribution < 1.29 is 4.57 Å². The molecule has 2 heteroatoms. The van der Waals surface area contributed by atoms with Gasteiger partial charge in [0.2, 0.25) is 0 Å². The quantitative estimate of drug-likeness (QED) is 0.459. The Kier molecular flexibility index (Phi) is 2.81. The molecule has 0 amide bonds. The predicted octanol–water partition coefficient (Wildman–Crippen LogP) is 1.73. The lowest BCUT2D eigenvalue weighted by Gasteiger charge is -2.10. The number of hydrogen-bond donors (Lipinski definition) is 0. The van der Waals surface area contributed by atoms with Crippen LogP contribution in [0.25, 0.3) is 0 Å². The topological polar surface area (TPSA) is 16.2 Å². The standard InChI is InChI=1S/C11H17N2/c1-11(2,3)12-9-10-5-7-13(4)8-6-10/h5-9H,1-4H3/q+1. The van der Waals surface area contributed by atoms with E-state index in [4.69, 9.17) is 0 Å². The first-order chi connectivity index (χ1) is 5.97. The summed E-state index contributed by atoms with van der Waals surface area (Å²) in [5.41, 5.74) is 1.16. The van der Waals surface area contributed by atoms with Gasteiger partial charge in [0.15, 0.2) is 12.4 Å². The molecule has 0 aliphatic rings. The van der Waals surface area contributed by atoms with Crippen LogP contribution in [0.3, 0.4) is 0 Å². The van der Waals surface area contributed by atoms with Gasteiger partial charge in [0.25, 0.3) is 0 Å². The van der Waals surface area contributed by atoms with E-state index in [1.807, 2.05) is 30.2 Å². The monoisotopic (exact) mass is 177 g/mol. The molecule has 13 heavy (non-hydrogen) atoms. The van der Waals surface area contributed by atoms with Gasteiger partial charge in [-0.2, -0.15) is 0 Å². The van der Waals surface area contributed by atoms with E-state index >= 15 is 0 Å². The van der Waals surface area contributed by atoms with Crippen molar-refractivity contribution in [2.24, 2.45) is 12.0 Å². The molecule has 0 unspecified atom stereocenters. The van der Waals surface area contributed by atoms with Crippen LogP contribution in [0.4, 0.5) is 0 Å². The fourth-order valence-electron chi connectivity index (χ4n) is 0.867. The van der Waals surface area contributed by atoms with Gasteiger partial charge in [0, 0.05) is 23.9 Å². The van der Waals surface area contributed by atoms with Gasteiger partial charge in [-0.25, -0.2) is 4.57 Å². The zero-order valence-electron chi connectivity index (χ0n) is 8.78. The lowest BCUT2D eigenvalue weighted by atomic mass is 10.1. The zero-order valence-corrected chi connectivity index (χ0v) is 8.78. The molecule has 0 N–H and O–H groups in total. The minimum Gasteiger partial charge on any atom is -0.287 e. The summed E-state index contributed by atoms with van der Waals surface area (Å²) >= 11 is 0. The molecular formula is C11H17N2+. The molecule has 0 spiro atoms. The molecule has 0 aromatic carbocycles. The number of rotatable bonds is 1. The Bertz CT molecular complexity index is 291. The number of aromatic nitrogens is 1. The van der Waals surface area contributed by atoms with Gasteiger partial charge in [-0.15, -0.1) is 0 Å². The lowest BCUT2D eigenvalue weighted by molar-refractivity contribution is -0.671. The molecule has 0 saturated carbocycles. The van der Waals surface area contributed by atoms with Crippen LogP contribution < -0.4 is 4.57 Å². The van der Waals surface area contributed by atoms with Gasteiger partial charge in [-0.05, 0) is 20.8 Å². The van der Waals surface area contributed by atoms with Gasteiger partial charge in [-0.3, -0.25) is 4.99 Å². The molecule has 70 valence electrons. The highest BCUT2D eigenvalue weighted by molar-refractivity contribution is 5.79. The van der Waals surface area contributed by atoms with Crippen LogP contribution in [-0.2, 0) is 7.05 Å². The summed E-state index contributed by atoms with van der Waals surface area (Å²) in [6.45, 7) is 6.27. The smallest absolute Gasteiger partial charge is 0.169 e. The third-order valence-corrected chi connectivity index (χ3v) is 1.61. The number of aliphatic imine (C=N–C) groups is 1. The molecule has 0 bridgehead atoms. The van der Waals surface area contributed by atoms with Crippen LogP contribution >= 0.6 is 0 Å². The van der Waals surface area contributed by atoms with Gasteiger partial charge >= 0.3 is 0 Å². The van der Waals surface area contributed by atoms with E-state index in [-0.39, 0.29) is 5.54 Å². The second kappa shape index (κ2) is 3.69. The summed E-state index contributed by atoms with van der Waals surface area (Å²) in [4.78, 5) is 4.42. The van der Waals surface area contributed by atoms with Crippen LogP contribution in [0.2, 0.25) is 0 Å². The van der Waals surface area contributed by atoms with Crippen molar-refractivity contribution in [1.29, 1.82) is 0 Å². The Labute approximate surface area is 79.9 Å². The van der Waals surface area contributed by atoms with Gasteiger partial charge < -0.3 is 0 Å². The van der Waals surface area contributed by atoms with Crippen molar-refractivity contribution in [1.82, 2.24) is 0 Å². The second-order valence-corrected chi connectivity index (χ2v) is 4.23. The molecule has 0 radical (unpaired) electrons. The van der Waals surface area contributed by atoms with Gasteiger partial charge in [0.05, 0.1) is 5.54 Å². The van der Waals surface area contributed by atoms with E-state index in [1.54, 1.807) is 0 Å². The van der Waals surface area contributed by atoms with Crippen LogP contribution in [0.15, 0.2) is 29.5 Å². The van der Waals surface area contributed by atoms with Crippen molar-refractivity contribution in [3.05, 3.63) is 30.1 Å². The molecule has 0 atom stereocenters. The van der Waals surface area contributed by atoms with E-state index in [2.05, 4.69) is 37.9 Å². The third-order valence-electron chi connectivity index (χ3n) is 1.61. The average molecular weight is 177 g/mol. The summed E-state index contributed by atoms with van der Waals surface area (Å²) in [7, 11) is 2.00. The average Bonchev–Trinajstić information content (AvgIpc) is 2.02. The van der Waals surface area contributed by atoms with Crippen molar-refractivity contribution in [3.63, 3.8) is 0 Å². The summed E-state index contributed by atoms with van der Waals surface area (Å²) in [6.07, 6.45) is 5.95. The van der Waals surface area contributed by atoms with Gasteiger partial charge in [0.1, 0.15) is 7.05 Å². The highest BCUT2D eigenvalue weighted by Crippen LogP contribution is 2.05. The van der Waals surface area contributed by atoms with Gasteiger partial charge in [-0.1, -0.05) is 0 Å². The zero-order chi connectivity index (χ0) is 9.90. The molecule has 2 nitrogen and oxygen atoms in total. The highest BCUT2D eigenvalue weighted by Gasteiger charge is 2.04. The summed E-state index contributed by atoms with van der Waals surface area (Å²) < 4.78 is 2.01. The third kappa shape index (κ3) is 3.83. The van der Waals surface area contributed by atoms with Crippen molar-refractivity contribution >= 4 is 6.21 Å². The van der Waals surface area contributed by atoms with Crippen molar-refractivity contribution in [2.75, 3.05) is 0 Å². The van der Waals surface area contributed by atoms with Crippen LogP contribution in [-0.4, -0.2) is 11.8 Å². The van der Waals surface area contributed by atoms with E-state index in [9.17, 15) is 0 Å². The van der Waals surface area contributed by atoms with Crippen molar-refractivity contribution in [2.45, 2.75) is 26.3 Å². The summed E-state index contributed by atoms with van der Waals surface area (Å²) in [6, 6.07) is 4.10. The maximum atomic E-state index is 4.42. The van der Waals surface area contributed by atoms with E-state index in [0.717, 1.165) is 5.56 Å². The summed E-state index contributed by atoms with van der Waals surface area (Å²) in [5, 5.41) is 0. The van der Waals surface area contributed by atoms with E-state index in [1.165, 1.54) is 0 Å². The largest absolute Gasteiger partial charge is 0.287 e.